The maximum atomic E-state index is 13.8. The summed E-state index contributed by atoms with van der Waals surface area (Å²) < 4.78 is 65.8. The molecule has 2 aromatic rings. The number of epoxide rings is 1. The van der Waals surface area contributed by atoms with E-state index in [1.165, 1.54) is 12.1 Å². The summed E-state index contributed by atoms with van der Waals surface area (Å²) in [6.45, 7) is 2.61. The molecule has 3 fully saturated rings. The van der Waals surface area contributed by atoms with E-state index in [1.54, 1.807) is 23.1 Å². The number of amides is 4. The van der Waals surface area contributed by atoms with Gasteiger partial charge < -0.3 is 19.7 Å². The van der Waals surface area contributed by atoms with Crippen LogP contribution in [0.25, 0.3) is 0 Å². The SMILES string of the molecule is C[C@H](N(Cc1ccc(F)cc1)C1OC1N1C(=O)O[C@@]2(CCc3cc(NC(=O)N4CCCNC4)ccc32)C1=O)C(F)(F)F. The van der Waals surface area contributed by atoms with Gasteiger partial charge in [0.15, 0.2) is 12.5 Å². The van der Waals surface area contributed by atoms with Crippen LogP contribution in [-0.4, -0.2) is 77.2 Å². The van der Waals surface area contributed by atoms with Crippen molar-refractivity contribution < 1.29 is 41.4 Å². The molecule has 3 saturated heterocycles. The van der Waals surface area contributed by atoms with Crippen molar-refractivity contribution in [1.29, 1.82) is 0 Å². The number of nitrogens with one attached hydrogen (secondary N) is 2. The number of carbonyl (C=O) groups is 3. The monoisotopic (exact) mass is 591 g/mol. The van der Waals surface area contributed by atoms with Gasteiger partial charge in [-0.1, -0.05) is 18.2 Å². The van der Waals surface area contributed by atoms with Crippen LogP contribution in [0.2, 0.25) is 0 Å². The minimum atomic E-state index is -4.63. The van der Waals surface area contributed by atoms with Gasteiger partial charge in [-0.05, 0) is 61.7 Å². The van der Waals surface area contributed by atoms with Gasteiger partial charge in [0.1, 0.15) is 11.9 Å². The van der Waals surface area contributed by atoms with Crippen molar-refractivity contribution in [3.05, 3.63) is 65.0 Å². The number of aryl methyl sites for hydroxylation is 1. The Bertz CT molecular complexity index is 1400. The number of ether oxygens (including phenoxy) is 2. The van der Waals surface area contributed by atoms with Crippen molar-refractivity contribution in [2.24, 2.45) is 0 Å². The number of urea groups is 1. The molecule has 1 aliphatic carbocycles. The molecular formula is C28H29F4N5O5. The lowest BCUT2D eigenvalue weighted by Gasteiger charge is -2.29. The highest BCUT2D eigenvalue weighted by Gasteiger charge is 2.65. The largest absolute Gasteiger partial charge is 0.427 e. The van der Waals surface area contributed by atoms with Gasteiger partial charge in [0.2, 0.25) is 5.60 Å². The third-order valence-corrected chi connectivity index (χ3v) is 8.21. The van der Waals surface area contributed by atoms with Gasteiger partial charge in [0, 0.05) is 30.8 Å². The molecule has 4 amide bonds. The number of fused-ring (bicyclic) bond motifs is 2. The Morgan fingerprint density at radius 2 is 1.98 bits per heavy atom. The summed E-state index contributed by atoms with van der Waals surface area (Å²) in [5.74, 6) is -1.24. The van der Waals surface area contributed by atoms with Crippen molar-refractivity contribution in [3.63, 3.8) is 0 Å². The molecule has 1 spiro atoms. The fraction of sp³-hybridized carbons (Fsp3) is 0.464. The number of rotatable bonds is 6. The Hall–Kier alpha value is -3.75. The highest BCUT2D eigenvalue weighted by atomic mass is 19.4. The van der Waals surface area contributed by atoms with E-state index in [-0.39, 0.29) is 19.0 Å². The highest BCUT2D eigenvalue weighted by Crippen LogP contribution is 2.49. The van der Waals surface area contributed by atoms with Crippen LogP contribution in [0.15, 0.2) is 42.5 Å². The number of benzene rings is 2. The lowest BCUT2D eigenvalue weighted by Crippen LogP contribution is -2.48. The van der Waals surface area contributed by atoms with Gasteiger partial charge in [-0.2, -0.15) is 13.2 Å². The van der Waals surface area contributed by atoms with Crippen LogP contribution in [0.4, 0.5) is 32.8 Å². The number of alkyl halides is 3. The number of halogens is 4. The Morgan fingerprint density at radius 1 is 1.21 bits per heavy atom. The first-order valence-corrected chi connectivity index (χ1v) is 13.7. The zero-order valence-corrected chi connectivity index (χ0v) is 22.6. The molecule has 0 bridgehead atoms. The van der Waals surface area contributed by atoms with Crippen LogP contribution in [0, 0.1) is 5.82 Å². The third-order valence-electron chi connectivity index (χ3n) is 8.21. The summed E-state index contributed by atoms with van der Waals surface area (Å²) in [5.41, 5.74) is 0.477. The van der Waals surface area contributed by atoms with E-state index in [4.69, 9.17) is 9.47 Å². The molecule has 224 valence electrons. The van der Waals surface area contributed by atoms with E-state index in [0.29, 0.717) is 42.0 Å². The van der Waals surface area contributed by atoms with E-state index < -0.39 is 48.1 Å². The fourth-order valence-corrected chi connectivity index (χ4v) is 5.81. The van der Waals surface area contributed by atoms with Crippen LogP contribution >= 0.6 is 0 Å². The summed E-state index contributed by atoms with van der Waals surface area (Å²) >= 11 is 0. The van der Waals surface area contributed by atoms with Crippen molar-refractivity contribution >= 4 is 23.7 Å². The molecule has 2 unspecified atom stereocenters. The summed E-state index contributed by atoms with van der Waals surface area (Å²) in [5, 5.41) is 5.98. The number of hydrogen-bond acceptors (Lipinski definition) is 7. The second-order valence-corrected chi connectivity index (χ2v) is 10.9. The molecule has 3 heterocycles. The average molecular weight is 592 g/mol. The lowest BCUT2D eigenvalue weighted by atomic mass is 9.94. The normalized spacial score (nSPS) is 26.0. The van der Waals surface area contributed by atoms with E-state index in [1.807, 2.05) is 0 Å². The molecular weight excluding hydrogens is 562 g/mol. The Kier molecular flexibility index (Phi) is 7.10. The smallest absolute Gasteiger partial charge is 0.420 e. The first-order chi connectivity index (χ1) is 20.0. The molecule has 4 aliphatic rings. The first kappa shape index (κ1) is 28.4. The molecule has 0 aromatic heterocycles. The van der Waals surface area contributed by atoms with Crippen molar-refractivity contribution in [1.82, 2.24) is 20.0 Å². The second-order valence-electron chi connectivity index (χ2n) is 10.9. The van der Waals surface area contributed by atoms with E-state index in [0.717, 1.165) is 41.8 Å². The number of imide groups is 1. The van der Waals surface area contributed by atoms with E-state index >= 15 is 0 Å². The van der Waals surface area contributed by atoms with Gasteiger partial charge in [-0.3, -0.25) is 15.0 Å². The maximum absolute atomic E-state index is 13.8. The summed E-state index contributed by atoms with van der Waals surface area (Å²) in [7, 11) is 0. The van der Waals surface area contributed by atoms with Crippen LogP contribution in [-0.2, 0) is 32.8 Å². The fourth-order valence-electron chi connectivity index (χ4n) is 5.81. The summed E-state index contributed by atoms with van der Waals surface area (Å²) in [6.07, 6.45) is -6.78. The van der Waals surface area contributed by atoms with Gasteiger partial charge in [0.05, 0.1) is 6.67 Å². The predicted octanol–water partition coefficient (Wildman–Crippen LogP) is 3.87. The first-order valence-electron chi connectivity index (χ1n) is 13.7. The molecule has 0 saturated carbocycles. The van der Waals surface area contributed by atoms with Crippen LogP contribution in [0.5, 0.6) is 0 Å². The molecule has 4 atom stereocenters. The second kappa shape index (κ2) is 10.5. The van der Waals surface area contributed by atoms with Crippen LogP contribution < -0.4 is 10.6 Å². The molecule has 42 heavy (non-hydrogen) atoms. The Morgan fingerprint density at radius 3 is 2.67 bits per heavy atom. The summed E-state index contributed by atoms with van der Waals surface area (Å²) in [6, 6.07) is 7.74. The van der Waals surface area contributed by atoms with Gasteiger partial charge in [-0.15, -0.1) is 0 Å². The number of anilines is 1. The standard InChI is InChI=1S/C28H29F4N5O5/c1-16(28(30,31)32)36(14-17-3-5-19(29)6-4-17)22-23(41-22)37-24(38)27(42-26(37)40)10-9-18-13-20(7-8-21(18)27)34-25(39)35-12-2-11-33-15-35/h3-8,13,16,22-23,33H,2,9-12,14-15H2,1H3,(H,34,39)/t16-,22?,23?,27+/m0/s1. The average Bonchev–Trinajstić information content (AvgIpc) is 3.58. The van der Waals surface area contributed by atoms with Gasteiger partial charge >= 0.3 is 18.3 Å². The minimum Gasteiger partial charge on any atom is -0.427 e. The Balaban J connectivity index is 1.19. The molecule has 2 aromatic carbocycles. The number of hydrogen-bond donors (Lipinski definition) is 2. The minimum absolute atomic E-state index is 0.145. The maximum Gasteiger partial charge on any atom is 0.420 e. The predicted molar refractivity (Wildman–Crippen MR) is 139 cm³/mol. The lowest BCUT2D eigenvalue weighted by molar-refractivity contribution is -0.186. The topological polar surface area (TPSA) is 107 Å². The molecule has 2 N–H and O–H groups in total. The van der Waals surface area contributed by atoms with Crippen LogP contribution in [0.3, 0.4) is 0 Å². The third kappa shape index (κ3) is 5.07. The zero-order valence-electron chi connectivity index (χ0n) is 22.6. The molecule has 14 heteroatoms. The number of carbonyl (C=O) groups excluding carboxylic acids is 3. The van der Waals surface area contributed by atoms with Gasteiger partial charge in [-0.25, -0.2) is 18.9 Å². The van der Waals surface area contributed by atoms with Crippen LogP contribution in [0.1, 0.15) is 36.5 Å². The molecule has 3 aliphatic heterocycles. The molecule has 0 radical (unpaired) electrons. The van der Waals surface area contributed by atoms with Gasteiger partial charge in [0.25, 0.3) is 5.91 Å². The van der Waals surface area contributed by atoms with E-state index in [2.05, 4.69) is 10.6 Å². The van der Waals surface area contributed by atoms with E-state index in [9.17, 15) is 31.9 Å². The van der Waals surface area contributed by atoms with Crippen molar-refractivity contribution in [3.8, 4) is 0 Å². The zero-order chi connectivity index (χ0) is 29.8. The number of nitrogens with zero attached hydrogens (tertiary/aromatic N) is 3. The quantitative estimate of drug-likeness (QED) is 0.388. The summed E-state index contributed by atoms with van der Waals surface area (Å²) in [4.78, 5) is 42.7. The Labute approximate surface area is 238 Å². The highest BCUT2D eigenvalue weighted by molar-refractivity contribution is 6.04. The molecule has 10 nitrogen and oxygen atoms in total. The van der Waals surface area contributed by atoms with Crippen molar-refractivity contribution in [2.45, 2.75) is 63.0 Å². The molecule has 6 rings (SSSR count). The van der Waals surface area contributed by atoms with Crippen molar-refractivity contribution in [2.75, 3.05) is 25.1 Å².